The normalized spacial score (nSPS) is 7.25. The molecule has 0 rings (SSSR count). The maximum atomic E-state index is 8.59. The van der Waals surface area contributed by atoms with E-state index in [1.807, 2.05) is 0 Å². The van der Waals surface area contributed by atoms with Crippen LogP contribution in [0.3, 0.4) is 0 Å². The van der Waals surface area contributed by atoms with Gasteiger partial charge in [0.25, 0.3) is 0 Å². The molecule has 0 aliphatic carbocycles. The van der Waals surface area contributed by atoms with Gasteiger partial charge in [0.1, 0.15) is 0 Å². The third-order valence-corrected chi connectivity index (χ3v) is 0. The summed E-state index contributed by atoms with van der Waals surface area (Å²) in [6.07, 6.45) is 0. The largest absolute Gasteiger partial charge is 1.00 e. The predicted molar refractivity (Wildman–Crippen MR) is 8.24 cm³/mol. The minimum absolute atomic E-state index is 0. The first-order chi connectivity index (χ1) is 2.00. The number of hydrogen-bond acceptors (Lipinski definition) is 4. The fraction of sp³-hybridized carbons (Fsp3) is 0. The van der Waals surface area contributed by atoms with E-state index in [4.69, 9.17) is 16.0 Å². The molecule has 8 heavy (non-hydrogen) atoms. The first-order valence-electron chi connectivity index (χ1n) is 0.667. The Balaban J connectivity index is -0.0000000133. The third kappa shape index (κ3) is 48.1. The van der Waals surface area contributed by atoms with E-state index in [-0.39, 0.29) is 134 Å². The molecular weight excluding hydrogens is 244 g/mol. The average molecular weight is 245 g/mol. The zero-order valence-corrected chi connectivity index (χ0v) is 15.0. The maximum absolute atomic E-state index is 8.59. The van der Waals surface area contributed by atoms with E-state index in [9.17, 15) is 0 Å². The molecule has 0 aromatic carbocycles. The second kappa shape index (κ2) is 11.3. The minimum Gasteiger partial charge on any atom is -1.00 e. The fourth-order valence-corrected chi connectivity index (χ4v) is 0. The molecule has 0 heterocycles. The average Bonchev–Trinajstić information content (AvgIpc) is 0.722. The molecule has 0 radical (unpaired) electrons. The predicted octanol–water partition coefficient (Wildman–Crippen LogP) is -11.9. The van der Waals surface area contributed by atoms with E-state index in [2.05, 4.69) is 0 Å². The van der Waals surface area contributed by atoms with Crippen LogP contribution in [0.15, 0.2) is 0 Å². The number of rotatable bonds is 0. The molecule has 8 heteroatoms. The van der Waals surface area contributed by atoms with Crippen molar-refractivity contribution in [1.82, 2.24) is 0 Å². The SMILES string of the molecule is O=[Se](=O)([O-])[O-].[H-].[K+].[K+].[Na+]. The van der Waals surface area contributed by atoms with Gasteiger partial charge in [-0.2, -0.15) is 0 Å². The van der Waals surface area contributed by atoms with Crippen molar-refractivity contribution in [3.8, 4) is 0 Å². The molecule has 0 saturated heterocycles. The summed E-state index contributed by atoms with van der Waals surface area (Å²) in [7, 11) is 0. The van der Waals surface area contributed by atoms with E-state index in [1.165, 1.54) is 0 Å². The van der Waals surface area contributed by atoms with E-state index in [0.29, 0.717) is 0 Å². The Bertz CT molecular complexity index is 102. The summed E-state index contributed by atoms with van der Waals surface area (Å²) >= 11 is -5.75. The van der Waals surface area contributed by atoms with Gasteiger partial charge in [-0.05, 0) is 0 Å². The summed E-state index contributed by atoms with van der Waals surface area (Å²) in [6, 6.07) is 0. The van der Waals surface area contributed by atoms with Crippen LogP contribution in [0.1, 0.15) is 1.43 Å². The van der Waals surface area contributed by atoms with Crippen molar-refractivity contribution in [3.05, 3.63) is 0 Å². The Labute approximate surface area is 158 Å². The fourth-order valence-electron chi connectivity index (χ4n) is 0. The zero-order chi connectivity index (χ0) is 4.50. The van der Waals surface area contributed by atoms with Crippen LogP contribution >= 0.6 is 0 Å². The topological polar surface area (TPSA) is 80.3 Å². The molecule has 0 unspecified atom stereocenters. The van der Waals surface area contributed by atoms with Gasteiger partial charge < -0.3 is 1.43 Å². The molecule has 0 amide bonds. The van der Waals surface area contributed by atoms with Crippen LogP contribution in [0.5, 0.6) is 0 Å². The van der Waals surface area contributed by atoms with Crippen LogP contribution in [0.25, 0.3) is 0 Å². The molecule has 0 bridgehead atoms. The first-order valence-corrected chi connectivity index (χ1v) is 3.46. The van der Waals surface area contributed by atoms with Gasteiger partial charge in [0.2, 0.25) is 0 Å². The Morgan fingerprint density at radius 3 is 1.12 bits per heavy atom. The van der Waals surface area contributed by atoms with Crippen LogP contribution in [-0.2, 0) is 7.67 Å². The maximum Gasteiger partial charge on any atom is 1.00 e. The molecule has 0 aliphatic rings. The van der Waals surface area contributed by atoms with Crippen LogP contribution in [0, 0.1) is 0 Å². The molecule has 0 aliphatic heterocycles. The van der Waals surface area contributed by atoms with E-state index in [1.54, 1.807) is 0 Å². The minimum atomic E-state index is -5.75. The summed E-state index contributed by atoms with van der Waals surface area (Å²) in [5, 5.41) is 0. The van der Waals surface area contributed by atoms with Crippen LogP contribution in [0.2, 0.25) is 0 Å². The van der Waals surface area contributed by atoms with Crippen molar-refractivity contribution in [1.29, 1.82) is 0 Å². The van der Waals surface area contributed by atoms with Gasteiger partial charge >= 0.3 is 162 Å². The number of hydrogen-bond donors (Lipinski definition) is 0. The van der Waals surface area contributed by atoms with Crippen LogP contribution in [-0.4, -0.2) is 13.4 Å². The molecule has 0 N–H and O–H groups in total. The van der Waals surface area contributed by atoms with Gasteiger partial charge in [-0.15, -0.1) is 0 Å². The van der Waals surface area contributed by atoms with E-state index in [0.717, 1.165) is 0 Å². The van der Waals surface area contributed by atoms with Crippen molar-refractivity contribution < 1.29 is 150 Å². The second-order valence-electron chi connectivity index (χ2n) is 0.408. The quantitative estimate of drug-likeness (QED) is 0.397. The summed E-state index contributed by atoms with van der Waals surface area (Å²) in [4.78, 5) is 0. The Morgan fingerprint density at radius 2 is 1.12 bits per heavy atom. The van der Waals surface area contributed by atoms with Crippen molar-refractivity contribution in [3.63, 3.8) is 0 Å². The molecule has 0 spiro atoms. The third-order valence-electron chi connectivity index (χ3n) is 0. The Hall–Kier alpha value is 4.31. The molecule has 0 fully saturated rings. The summed E-state index contributed by atoms with van der Waals surface area (Å²) in [5.41, 5.74) is 0. The molecule has 34 valence electrons. The molecule has 0 saturated carbocycles. The Morgan fingerprint density at radius 1 is 1.12 bits per heavy atom. The smallest absolute Gasteiger partial charge is 1.00 e. The van der Waals surface area contributed by atoms with Gasteiger partial charge in [-0.3, -0.25) is 0 Å². The first kappa shape index (κ1) is 22.8. The summed E-state index contributed by atoms with van der Waals surface area (Å²) < 4.78 is 34.4. The standard InChI is InChI=1S/2K.Na.H2O4Se.H/c;;;1-5(2,3)4;/h;;;(H2,1,2,3,4);/q3*+1;;-1/p-2. The van der Waals surface area contributed by atoms with Crippen LogP contribution in [0.4, 0.5) is 0 Å². The molecular formula is HK2NaO4Se. The van der Waals surface area contributed by atoms with Gasteiger partial charge in [-0.25, -0.2) is 0 Å². The van der Waals surface area contributed by atoms with Crippen molar-refractivity contribution in [2.24, 2.45) is 0 Å². The van der Waals surface area contributed by atoms with Gasteiger partial charge in [0, 0.05) is 0 Å². The van der Waals surface area contributed by atoms with Gasteiger partial charge in [-0.1, -0.05) is 0 Å². The van der Waals surface area contributed by atoms with E-state index < -0.39 is 13.4 Å². The van der Waals surface area contributed by atoms with Crippen molar-refractivity contribution >= 4 is 13.4 Å². The van der Waals surface area contributed by atoms with Gasteiger partial charge in [0.15, 0.2) is 0 Å². The molecule has 0 aromatic rings. The van der Waals surface area contributed by atoms with Crippen LogP contribution < -0.4 is 141 Å². The molecule has 4 nitrogen and oxygen atoms in total. The molecule has 0 aromatic heterocycles. The zero-order valence-electron chi connectivity index (χ0n) is 6.04. The summed E-state index contributed by atoms with van der Waals surface area (Å²) in [6.45, 7) is 0. The Kier molecular flexibility index (Phi) is 32.2. The molecule has 0 atom stereocenters. The van der Waals surface area contributed by atoms with E-state index >= 15 is 0 Å². The van der Waals surface area contributed by atoms with Gasteiger partial charge in [0.05, 0.1) is 0 Å². The van der Waals surface area contributed by atoms with Crippen molar-refractivity contribution in [2.75, 3.05) is 0 Å². The van der Waals surface area contributed by atoms with Crippen molar-refractivity contribution in [2.45, 2.75) is 0 Å². The second-order valence-corrected chi connectivity index (χ2v) is 2.12. The monoisotopic (exact) mass is 246 g/mol. The summed E-state index contributed by atoms with van der Waals surface area (Å²) in [5.74, 6) is 0.